The zero-order valence-electron chi connectivity index (χ0n) is 11.8. The minimum Gasteiger partial charge on any atom is -0.504 e. The van der Waals surface area contributed by atoms with E-state index in [1.165, 1.54) is 12.1 Å². The molecule has 0 spiro atoms. The highest BCUT2D eigenvalue weighted by molar-refractivity contribution is 5.91. The molecule has 8 nitrogen and oxygen atoms in total. The van der Waals surface area contributed by atoms with Gasteiger partial charge in [0.25, 0.3) is 5.69 Å². The van der Waals surface area contributed by atoms with Gasteiger partial charge in [-0.3, -0.25) is 10.1 Å². The Morgan fingerprint density at radius 3 is 2.17 bits per heavy atom. The molecule has 2 rings (SSSR count). The Morgan fingerprint density at radius 1 is 1.09 bits per heavy atom. The Hall–Kier alpha value is -3.29. The van der Waals surface area contributed by atoms with Gasteiger partial charge < -0.3 is 20.1 Å². The molecule has 0 aliphatic carbocycles. The lowest BCUT2D eigenvalue weighted by Gasteiger charge is -2.07. The highest BCUT2D eigenvalue weighted by Gasteiger charge is 2.14. The van der Waals surface area contributed by atoms with Crippen molar-refractivity contribution in [1.29, 1.82) is 0 Å². The number of carbonyl (C=O) groups excluding carboxylic acids is 1. The van der Waals surface area contributed by atoms with Crippen LogP contribution < -0.4 is 0 Å². The SMILES string of the molecule is O=C(OCCc1ccc([N+](=O)[O-])cc1)c1cc(O)c(O)c(O)c1. The zero-order valence-corrected chi connectivity index (χ0v) is 11.8. The molecule has 2 aromatic carbocycles. The van der Waals surface area contributed by atoms with Gasteiger partial charge in [-0.2, -0.15) is 0 Å². The minimum absolute atomic E-state index is 0.0129. The average Bonchev–Trinajstić information content (AvgIpc) is 2.52. The Kier molecular flexibility index (Phi) is 4.65. The van der Waals surface area contributed by atoms with Gasteiger partial charge in [0.15, 0.2) is 17.2 Å². The Balaban J connectivity index is 1.93. The number of carbonyl (C=O) groups is 1. The van der Waals surface area contributed by atoms with E-state index in [-0.39, 0.29) is 17.9 Å². The highest BCUT2D eigenvalue weighted by Crippen LogP contribution is 2.35. The molecule has 120 valence electrons. The number of hydrogen-bond donors (Lipinski definition) is 3. The first-order valence-corrected chi connectivity index (χ1v) is 6.54. The van der Waals surface area contributed by atoms with Gasteiger partial charge in [-0.1, -0.05) is 12.1 Å². The summed E-state index contributed by atoms with van der Waals surface area (Å²) in [5, 5.41) is 38.4. The number of rotatable bonds is 5. The minimum atomic E-state index is -0.780. The molecule has 3 N–H and O–H groups in total. The summed E-state index contributed by atoms with van der Waals surface area (Å²) in [6, 6.07) is 7.78. The Labute approximate surface area is 130 Å². The largest absolute Gasteiger partial charge is 0.504 e. The zero-order chi connectivity index (χ0) is 17.0. The van der Waals surface area contributed by atoms with Crippen LogP contribution in [0.3, 0.4) is 0 Å². The topological polar surface area (TPSA) is 130 Å². The second-order valence-corrected chi connectivity index (χ2v) is 4.67. The molecule has 0 heterocycles. The molecule has 0 aliphatic heterocycles. The van der Waals surface area contributed by atoms with Gasteiger partial charge in [0, 0.05) is 18.6 Å². The molecule has 0 fully saturated rings. The summed E-state index contributed by atoms with van der Waals surface area (Å²) in [5.41, 5.74) is 0.613. The molecule has 2 aromatic rings. The fraction of sp³-hybridized carbons (Fsp3) is 0.133. The summed E-state index contributed by atoms with van der Waals surface area (Å²) in [7, 11) is 0. The third-order valence-electron chi connectivity index (χ3n) is 3.08. The molecule has 0 amide bonds. The van der Waals surface area contributed by atoms with Crippen molar-refractivity contribution in [3.8, 4) is 17.2 Å². The van der Waals surface area contributed by atoms with Crippen molar-refractivity contribution < 1.29 is 29.8 Å². The van der Waals surface area contributed by atoms with Gasteiger partial charge in [0.2, 0.25) is 0 Å². The third kappa shape index (κ3) is 3.88. The summed E-state index contributed by atoms with van der Waals surface area (Å²) in [4.78, 5) is 21.8. The van der Waals surface area contributed by atoms with Crippen LogP contribution >= 0.6 is 0 Å². The summed E-state index contributed by atoms with van der Waals surface area (Å²) >= 11 is 0. The molecule has 0 saturated heterocycles. The third-order valence-corrected chi connectivity index (χ3v) is 3.08. The molecule has 0 saturated carbocycles. The molecular formula is C15H13NO7. The van der Waals surface area contributed by atoms with E-state index in [4.69, 9.17) is 4.74 Å². The van der Waals surface area contributed by atoms with Crippen LogP contribution in [0, 0.1) is 10.1 Å². The van der Waals surface area contributed by atoms with Crippen molar-refractivity contribution in [3.63, 3.8) is 0 Å². The van der Waals surface area contributed by atoms with Crippen LogP contribution in [0.2, 0.25) is 0 Å². The van der Waals surface area contributed by atoms with E-state index < -0.39 is 28.1 Å². The van der Waals surface area contributed by atoms with Crippen LogP contribution in [-0.4, -0.2) is 32.8 Å². The number of nitro groups is 1. The average molecular weight is 319 g/mol. The predicted octanol–water partition coefficient (Wildman–Crippen LogP) is 2.11. The van der Waals surface area contributed by atoms with Crippen LogP contribution in [0.5, 0.6) is 17.2 Å². The van der Waals surface area contributed by atoms with E-state index in [2.05, 4.69) is 0 Å². The van der Waals surface area contributed by atoms with Gasteiger partial charge in [-0.05, 0) is 17.7 Å². The Morgan fingerprint density at radius 2 is 1.65 bits per heavy atom. The number of benzene rings is 2. The van der Waals surface area contributed by atoms with Crippen molar-refractivity contribution in [1.82, 2.24) is 0 Å². The lowest BCUT2D eigenvalue weighted by Crippen LogP contribution is -2.08. The first-order chi connectivity index (χ1) is 10.9. The van der Waals surface area contributed by atoms with E-state index in [0.29, 0.717) is 6.42 Å². The molecular weight excluding hydrogens is 306 g/mol. The predicted molar refractivity (Wildman–Crippen MR) is 78.5 cm³/mol. The van der Waals surface area contributed by atoms with Crippen molar-refractivity contribution in [2.24, 2.45) is 0 Å². The van der Waals surface area contributed by atoms with E-state index in [0.717, 1.165) is 17.7 Å². The number of non-ortho nitro benzene ring substituents is 1. The maximum atomic E-state index is 11.8. The maximum Gasteiger partial charge on any atom is 0.338 e. The van der Waals surface area contributed by atoms with Crippen LogP contribution in [0.4, 0.5) is 5.69 Å². The fourth-order valence-corrected chi connectivity index (χ4v) is 1.85. The molecule has 8 heteroatoms. The van der Waals surface area contributed by atoms with E-state index in [9.17, 15) is 30.2 Å². The Bertz CT molecular complexity index is 717. The summed E-state index contributed by atoms with van der Waals surface area (Å²) in [6.45, 7) is 0.0129. The second kappa shape index (κ2) is 6.65. The summed E-state index contributed by atoms with van der Waals surface area (Å²) < 4.78 is 4.98. The van der Waals surface area contributed by atoms with Gasteiger partial charge in [0.1, 0.15) is 0 Å². The van der Waals surface area contributed by atoms with Crippen LogP contribution in [0.1, 0.15) is 15.9 Å². The summed E-state index contributed by atoms with van der Waals surface area (Å²) in [5.74, 6) is -2.76. The van der Waals surface area contributed by atoms with Crippen LogP contribution in [-0.2, 0) is 11.2 Å². The van der Waals surface area contributed by atoms with E-state index in [1.807, 2.05) is 0 Å². The molecule has 0 radical (unpaired) electrons. The molecule has 0 aromatic heterocycles. The van der Waals surface area contributed by atoms with Gasteiger partial charge in [-0.25, -0.2) is 4.79 Å². The van der Waals surface area contributed by atoms with Crippen LogP contribution in [0.15, 0.2) is 36.4 Å². The van der Waals surface area contributed by atoms with Crippen molar-refractivity contribution in [3.05, 3.63) is 57.6 Å². The number of phenolic OH excluding ortho intramolecular Hbond substituents is 3. The van der Waals surface area contributed by atoms with Gasteiger partial charge in [0.05, 0.1) is 17.1 Å². The molecule has 0 bridgehead atoms. The maximum absolute atomic E-state index is 11.8. The standard InChI is InChI=1S/C15H13NO7/c17-12-7-10(8-13(18)14(12)19)15(20)23-6-5-9-1-3-11(4-2-9)16(21)22/h1-4,7-8,17-19H,5-6H2. The lowest BCUT2D eigenvalue weighted by molar-refractivity contribution is -0.384. The summed E-state index contributed by atoms with van der Waals surface area (Å²) in [6.07, 6.45) is 0.347. The number of nitro benzene ring substituents is 1. The number of nitrogens with zero attached hydrogens (tertiary/aromatic N) is 1. The van der Waals surface area contributed by atoms with E-state index in [1.54, 1.807) is 12.1 Å². The van der Waals surface area contributed by atoms with Crippen LogP contribution in [0.25, 0.3) is 0 Å². The molecule has 0 aliphatic rings. The smallest absolute Gasteiger partial charge is 0.338 e. The molecule has 23 heavy (non-hydrogen) atoms. The second-order valence-electron chi connectivity index (χ2n) is 4.67. The first-order valence-electron chi connectivity index (χ1n) is 6.54. The number of aromatic hydroxyl groups is 3. The highest BCUT2D eigenvalue weighted by atomic mass is 16.6. The van der Waals surface area contributed by atoms with E-state index >= 15 is 0 Å². The molecule has 0 unspecified atom stereocenters. The van der Waals surface area contributed by atoms with Gasteiger partial charge >= 0.3 is 5.97 Å². The van der Waals surface area contributed by atoms with Crippen molar-refractivity contribution >= 4 is 11.7 Å². The van der Waals surface area contributed by atoms with Crippen molar-refractivity contribution in [2.75, 3.05) is 6.61 Å². The lowest BCUT2D eigenvalue weighted by atomic mass is 10.1. The van der Waals surface area contributed by atoms with Gasteiger partial charge in [-0.15, -0.1) is 0 Å². The molecule has 0 atom stereocenters. The van der Waals surface area contributed by atoms with Crippen molar-refractivity contribution in [2.45, 2.75) is 6.42 Å². The number of hydrogen-bond acceptors (Lipinski definition) is 7. The number of ether oxygens (including phenoxy) is 1. The monoisotopic (exact) mass is 319 g/mol. The fourth-order valence-electron chi connectivity index (χ4n) is 1.85. The normalized spacial score (nSPS) is 10.3. The number of phenols is 3. The number of esters is 1. The quantitative estimate of drug-likeness (QED) is 0.333. The first kappa shape index (κ1) is 16.1.